The third kappa shape index (κ3) is 5.03. The molecule has 0 spiro atoms. The van der Waals surface area contributed by atoms with Gasteiger partial charge >= 0.3 is 0 Å². The molecule has 0 N–H and O–H groups in total. The lowest BCUT2D eigenvalue weighted by Crippen LogP contribution is -2.54. The second kappa shape index (κ2) is 10.3. The molecule has 0 unspecified atom stereocenters. The Morgan fingerprint density at radius 1 is 0.771 bits per heavy atom. The second-order valence-electron chi connectivity index (χ2n) is 8.95. The number of rotatable bonds is 5. The van der Waals surface area contributed by atoms with Gasteiger partial charge in [-0.3, -0.25) is 4.79 Å². The van der Waals surface area contributed by atoms with E-state index in [1.807, 2.05) is 48.5 Å². The molecular formula is C26H30N4O4S. The first-order valence-electron chi connectivity index (χ1n) is 12.2. The molecule has 0 atom stereocenters. The molecule has 3 aromatic rings. The third-order valence-electron chi connectivity index (χ3n) is 6.70. The fourth-order valence-electron chi connectivity index (χ4n) is 4.72. The molecule has 35 heavy (non-hydrogen) atoms. The summed E-state index contributed by atoms with van der Waals surface area (Å²) < 4.78 is 35.4. The molecule has 8 nitrogen and oxygen atoms in total. The molecule has 2 aromatic carbocycles. The Balaban J connectivity index is 1.30. The van der Waals surface area contributed by atoms with Gasteiger partial charge in [0.2, 0.25) is 5.89 Å². The standard InChI is InChI=1S/C26H30N4O4S/c31-26(28-16-18-30(19-17-28)35(32,33)29-14-8-1-2-9-15-29)23-13-7-6-12-22(23)25-27-20-24(34-25)21-10-4-3-5-11-21/h3-7,10-13,20H,1-2,8-9,14-19H2. The first-order valence-corrected chi connectivity index (χ1v) is 13.6. The highest BCUT2D eigenvalue weighted by atomic mass is 32.2. The van der Waals surface area contributed by atoms with Gasteiger partial charge in [0.1, 0.15) is 0 Å². The summed E-state index contributed by atoms with van der Waals surface area (Å²) in [5.41, 5.74) is 2.04. The minimum atomic E-state index is -3.49. The SMILES string of the molecule is O=C(c1ccccc1-c1ncc(-c2ccccc2)o1)N1CCN(S(=O)(=O)N2CCCCCC2)CC1. The fraction of sp³-hybridized carbons (Fsp3) is 0.385. The van der Waals surface area contributed by atoms with Crippen LogP contribution in [-0.4, -0.2) is 72.1 Å². The van der Waals surface area contributed by atoms with Crippen LogP contribution in [0.2, 0.25) is 0 Å². The highest BCUT2D eigenvalue weighted by Crippen LogP contribution is 2.29. The van der Waals surface area contributed by atoms with Crippen molar-refractivity contribution in [1.29, 1.82) is 0 Å². The van der Waals surface area contributed by atoms with Gasteiger partial charge < -0.3 is 9.32 Å². The van der Waals surface area contributed by atoms with Crippen molar-refractivity contribution >= 4 is 16.1 Å². The number of piperazine rings is 1. The molecule has 2 saturated heterocycles. The molecule has 9 heteroatoms. The summed E-state index contributed by atoms with van der Waals surface area (Å²) >= 11 is 0. The predicted molar refractivity (Wildman–Crippen MR) is 134 cm³/mol. The first kappa shape index (κ1) is 23.7. The van der Waals surface area contributed by atoms with Crippen LogP contribution in [-0.2, 0) is 10.2 Å². The number of oxazole rings is 1. The average molecular weight is 495 g/mol. The van der Waals surface area contributed by atoms with Crippen LogP contribution in [0.25, 0.3) is 22.8 Å². The number of aromatic nitrogens is 1. The largest absolute Gasteiger partial charge is 0.436 e. The van der Waals surface area contributed by atoms with E-state index in [0.29, 0.717) is 62.0 Å². The van der Waals surface area contributed by atoms with Gasteiger partial charge in [-0.05, 0) is 25.0 Å². The summed E-state index contributed by atoms with van der Waals surface area (Å²) in [4.78, 5) is 19.6. The molecule has 2 aliphatic rings. The lowest BCUT2D eigenvalue weighted by atomic mass is 10.1. The highest BCUT2D eigenvalue weighted by Gasteiger charge is 2.34. The van der Waals surface area contributed by atoms with Crippen LogP contribution in [0.5, 0.6) is 0 Å². The number of amides is 1. The lowest BCUT2D eigenvalue weighted by molar-refractivity contribution is 0.0694. The smallest absolute Gasteiger partial charge is 0.282 e. The quantitative estimate of drug-likeness (QED) is 0.537. The van der Waals surface area contributed by atoms with Crippen molar-refractivity contribution < 1.29 is 17.6 Å². The zero-order valence-corrected chi connectivity index (χ0v) is 20.5. The summed E-state index contributed by atoms with van der Waals surface area (Å²) in [5.74, 6) is 0.872. The number of carbonyl (C=O) groups is 1. The van der Waals surface area contributed by atoms with Gasteiger partial charge in [-0.25, -0.2) is 4.98 Å². The van der Waals surface area contributed by atoms with E-state index in [-0.39, 0.29) is 5.91 Å². The summed E-state index contributed by atoms with van der Waals surface area (Å²) in [6.07, 6.45) is 5.62. The van der Waals surface area contributed by atoms with Crippen molar-refractivity contribution in [1.82, 2.24) is 18.5 Å². The number of hydrogen-bond acceptors (Lipinski definition) is 5. The van der Waals surface area contributed by atoms with E-state index >= 15 is 0 Å². The summed E-state index contributed by atoms with van der Waals surface area (Å²) in [5, 5.41) is 0. The predicted octanol–water partition coefficient (Wildman–Crippen LogP) is 3.89. The van der Waals surface area contributed by atoms with Crippen LogP contribution in [0.3, 0.4) is 0 Å². The molecule has 0 aliphatic carbocycles. The van der Waals surface area contributed by atoms with Gasteiger partial charge in [-0.1, -0.05) is 55.3 Å². The molecule has 1 aromatic heterocycles. The minimum absolute atomic E-state index is 0.146. The Morgan fingerprint density at radius 2 is 1.40 bits per heavy atom. The van der Waals surface area contributed by atoms with Gasteiger partial charge in [0, 0.05) is 50.4 Å². The molecular weight excluding hydrogens is 464 g/mol. The number of benzene rings is 2. The van der Waals surface area contributed by atoms with E-state index in [2.05, 4.69) is 4.98 Å². The van der Waals surface area contributed by atoms with Crippen LogP contribution in [0.15, 0.2) is 65.2 Å². The van der Waals surface area contributed by atoms with Gasteiger partial charge in [0.15, 0.2) is 5.76 Å². The van der Waals surface area contributed by atoms with E-state index < -0.39 is 10.2 Å². The maximum atomic E-state index is 13.5. The molecule has 184 valence electrons. The molecule has 2 fully saturated rings. The maximum absolute atomic E-state index is 13.5. The van der Waals surface area contributed by atoms with Crippen molar-refractivity contribution in [2.45, 2.75) is 25.7 Å². The van der Waals surface area contributed by atoms with E-state index in [9.17, 15) is 13.2 Å². The van der Waals surface area contributed by atoms with Gasteiger partial charge in [-0.15, -0.1) is 0 Å². The van der Waals surface area contributed by atoms with Crippen LogP contribution < -0.4 is 0 Å². The van der Waals surface area contributed by atoms with Crippen molar-refractivity contribution in [2.75, 3.05) is 39.3 Å². The zero-order valence-electron chi connectivity index (χ0n) is 19.7. The second-order valence-corrected chi connectivity index (χ2v) is 10.9. The Hall–Kier alpha value is -3.01. The van der Waals surface area contributed by atoms with E-state index in [4.69, 9.17) is 4.42 Å². The Kier molecular flexibility index (Phi) is 6.99. The Bertz CT molecular complexity index is 1260. The van der Waals surface area contributed by atoms with Gasteiger partial charge in [0.25, 0.3) is 16.1 Å². The number of carbonyl (C=O) groups excluding carboxylic acids is 1. The van der Waals surface area contributed by atoms with Crippen LogP contribution >= 0.6 is 0 Å². The van der Waals surface area contributed by atoms with Gasteiger partial charge in [0.05, 0.1) is 11.8 Å². The van der Waals surface area contributed by atoms with E-state index in [0.717, 1.165) is 31.2 Å². The molecule has 2 aliphatic heterocycles. The first-order chi connectivity index (χ1) is 17.0. The average Bonchev–Trinajstić information content (AvgIpc) is 3.23. The number of hydrogen-bond donors (Lipinski definition) is 0. The monoisotopic (exact) mass is 494 g/mol. The molecule has 0 bridgehead atoms. The van der Waals surface area contributed by atoms with E-state index in [1.54, 1.807) is 21.5 Å². The van der Waals surface area contributed by atoms with Crippen LogP contribution in [0.1, 0.15) is 36.0 Å². The van der Waals surface area contributed by atoms with Crippen molar-refractivity contribution in [3.05, 3.63) is 66.4 Å². The summed E-state index contributed by atoms with van der Waals surface area (Å²) in [6.45, 7) is 2.45. The molecule has 1 amide bonds. The molecule has 0 radical (unpaired) electrons. The maximum Gasteiger partial charge on any atom is 0.282 e. The van der Waals surface area contributed by atoms with Crippen molar-refractivity contribution in [3.8, 4) is 22.8 Å². The van der Waals surface area contributed by atoms with E-state index in [1.165, 1.54) is 4.31 Å². The third-order valence-corrected chi connectivity index (χ3v) is 8.73. The van der Waals surface area contributed by atoms with Crippen molar-refractivity contribution in [3.63, 3.8) is 0 Å². The van der Waals surface area contributed by atoms with Crippen LogP contribution in [0, 0.1) is 0 Å². The van der Waals surface area contributed by atoms with Crippen LogP contribution in [0.4, 0.5) is 0 Å². The topological polar surface area (TPSA) is 87.0 Å². The minimum Gasteiger partial charge on any atom is -0.436 e. The molecule has 5 rings (SSSR count). The molecule has 0 saturated carbocycles. The number of nitrogens with zero attached hydrogens (tertiary/aromatic N) is 4. The summed E-state index contributed by atoms with van der Waals surface area (Å²) in [6, 6.07) is 17.0. The Morgan fingerprint density at radius 3 is 2.11 bits per heavy atom. The Labute approximate surface area is 206 Å². The lowest BCUT2D eigenvalue weighted by Gasteiger charge is -2.36. The zero-order chi connectivity index (χ0) is 24.3. The normalized spacial score (nSPS) is 18.3. The fourth-order valence-corrected chi connectivity index (χ4v) is 6.39. The van der Waals surface area contributed by atoms with Gasteiger partial charge in [-0.2, -0.15) is 17.0 Å². The highest BCUT2D eigenvalue weighted by molar-refractivity contribution is 7.86. The molecule has 3 heterocycles. The van der Waals surface area contributed by atoms with Crippen molar-refractivity contribution in [2.24, 2.45) is 0 Å². The summed E-state index contributed by atoms with van der Waals surface area (Å²) in [7, 11) is -3.49.